The number of aliphatic carboxylic acids is 1. The maximum Gasteiger partial charge on any atom is 0.328 e. The van der Waals surface area contributed by atoms with E-state index in [9.17, 15) is 23.7 Å². The summed E-state index contributed by atoms with van der Waals surface area (Å²) >= 11 is 0. The highest BCUT2D eigenvalue weighted by Crippen LogP contribution is 2.43. The molecule has 8 nitrogen and oxygen atoms in total. The summed E-state index contributed by atoms with van der Waals surface area (Å²) in [6, 6.07) is 4.98. The van der Waals surface area contributed by atoms with E-state index in [0.717, 1.165) is 10.5 Å². The van der Waals surface area contributed by atoms with Crippen molar-refractivity contribution < 1.29 is 28.4 Å². The number of carbonyl (C=O) groups is 3. The standard InChI is InChI=1S/C17H20N2O6S/c1-9-4-6-10(7-5-9)25-8-11(20)18-12-14(21)19-13(16(22)23)17(2,3)26(24)15(12)19/h4-7,12-13,15H,8H2,1-3H3,(H,18,20)(H,22,23)/t12-,13+,15-,26-/m1/s1. The first-order valence-corrected chi connectivity index (χ1v) is 9.30. The lowest BCUT2D eigenvalue weighted by Gasteiger charge is -2.42. The average Bonchev–Trinajstić information content (AvgIpc) is 2.77. The monoisotopic (exact) mass is 380 g/mol. The minimum Gasteiger partial charge on any atom is -0.484 e. The van der Waals surface area contributed by atoms with Crippen LogP contribution in [0, 0.1) is 6.92 Å². The van der Waals surface area contributed by atoms with Crippen LogP contribution in [0.15, 0.2) is 24.3 Å². The number of β-lactam (4-membered cyclic amide) rings is 1. The lowest BCUT2D eigenvalue weighted by molar-refractivity contribution is -0.161. The number of nitrogens with zero attached hydrogens (tertiary/aromatic N) is 1. The van der Waals surface area contributed by atoms with Gasteiger partial charge in [0.1, 0.15) is 23.2 Å². The Bertz CT molecular complexity index is 791. The van der Waals surface area contributed by atoms with Crippen molar-refractivity contribution in [3.05, 3.63) is 29.8 Å². The van der Waals surface area contributed by atoms with Crippen LogP contribution in [0.3, 0.4) is 0 Å². The van der Waals surface area contributed by atoms with Gasteiger partial charge in [-0.2, -0.15) is 0 Å². The lowest BCUT2D eigenvalue weighted by atomic mass is 9.96. The molecule has 140 valence electrons. The van der Waals surface area contributed by atoms with Crippen LogP contribution in [0.5, 0.6) is 5.75 Å². The van der Waals surface area contributed by atoms with E-state index in [2.05, 4.69) is 5.32 Å². The molecule has 2 N–H and O–H groups in total. The van der Waals surface area contributed by atoms with E-state index in [1.165, 1.54) is 0 Å². The van der Waals surface area contributed by atoms with Crippen LogP contribution in [-0.4, -0.2) is 60.8 Å². The number of rotatable bonds is 5. The number of fused-ring (bicyclic) bond motifs is 1. The molecule has 0 bridgehead atoms. The molecule has 2 aliphatic rings. The van der Waals surface area contributed by atoms with Crippen molar-refractivity contribution in [3.63, 3.8) is 0 Å². The third-order valence-corrected chi connectivity index (χ3v) is 6.89. The van der Waals surface area contributed by atoms with Crippen molar-refractivity contribution in [1.29, 1.82) is 0 Å². The molecule has 0 unspecified atom stereocenters. The Morgan fingerprint density at radius 2 is 1.92 bits per heavy atom. The molecule has 3 rings (SSSR count). The van der Waals surface area contributed by atoms with E-state index in [0.29, 0.717) is 5.75 Å². The van der Waals surface area contributed by atoms with E-state index >= 15 is 0 Å². The van der Waals surface area contributed by atoms with Crippen molar-refractivity contribution in [2.24, 2.45) is 0 Å². The summed E-state index contributed by atoms with van der Waals surface area (Å²) in [5.41, 5.74) is 1.06. The molecule has 0 saturated carbocycles. The molecule has 2 heterocycles. The van der Waals surface area contributed by atoms with Gasteiger partial charge in [-0.15, -0.1) is 0 Å². The first-order valence-electron chi connectivity index (χ1n) is 8.09. The maximum atomic E-state index is 12.6. The molecule has 1 aromatic carbocycles. The van der Waals surface area contributed by atoms with Crippen molar-refractivity contribution in [1.82, 2.24) is 10.2 Å². The van der Waals surface area contributed by atoms with Crippen LogP contribution < -0.4 is 10.1 Å². The summed E-state index contributed by atoms with van der Waals surface area (Å²) in [6.45, 7) is 4.73. The lowest BCUT2D eigenvalue weighted by Crippen LogP contribution is -2.71. The summed E-state index contributed by atoms with van der Waals surface area (Å²) < 4.78 is 16.9. The second-order valence-electron chi connectivity index (χ2n) is 6.92. The number of benzene rings is 1. The molecule has 0 aromatic heterocycles. The van der Waals surface area contributed by atoms with Gasteiger partial charge in [0.05, 0.1) is 15.5 Å². The smallest absolute Gasteiger partial charge is 0.328 e. The van der Waals surface area contributed by atoms with Crippen LogP contribution in [-0.2, 0) is 25.2 Å². The number of ether oxygens (including phenoxy) is 1. The number of hydrogen-bond acceptors (Lipinski definition) is 5. The third-order valence-electron chi connectivity index (χ3n) is 4.70. The van der Waals surface area contributed by atoms with Gasteiger partial charge in [0.15, 0.2) is 6.61 Å². The highest BCUT2D eigenvalue weighted by atomic mass is 32.2. The Morgan fingerprint density at radius 1 is 1.31 bits per heavy atom. The number of carbonyl (C=O) groups excluding carboxylic acids is 2. The van der Waals surface area contributed by atoms with E-state index in [4.69, 9.17) is 4.74 Å². The highest BCUT2D eigenvalue weighted by molar-refractivity contribution is 7.87. The molecule has 26 heavy (non-hydrogen) atoms. The molecular weight excluding hydrogens is 360 g/mol. The molecule has 4 atom stereocenters. The van der Waals surface area contributed by atoms with Gasteiger partial charge in [-0.05, 0) is 32.9 Å². The van der Waals surface area contributed by atoms with E-state index < -0.39 is 50.8 Å². The molecule has 2 amide bonds. The molecular formula is C17H20N2O6S. The molecule has 0 spiro atoms. The van der Waals surface area contributed by atoms with Gasteiger partial charge in [-0.3, -0.25) is 13.8 Å². The normalized spacial score (nSPS) is 28.9. The topological polar surface area (TPSA) is 113 Å². The van der Waals surface area contributed by atoms with Gasteiger partial charge >= 0.3 is 5.97 Å². The summed E-state index contributed by atoms with van der Waals surface area (Å²) in [5.74, 6) is -1.75. The summed E-state index contributed by atoms with van der Waals surface area (Å²) in [7, 11) is -1.61. The van der Waals surface area contributed by atoms with Crippen molar-refractivity contribution >= 4 is 28.6 Å². The van der Waals surface area contributed by atoms with Crippen LogP contribution in [0.4, 0.5) is 0 Å². The second-order valence-corrected chi connectivity index (χ2v) is 9.05. The number of carboxylic acids is 1. The van der Waals surface area contributed by atoms with Gasteiger partial charge in [-0.25, -0.2) is 4.79 Å². The molecule has 2 fully saturated rings. The number of hydrogen-bond donors (Lipinski definition) is 2. The third kappa shape index (κ3) is 2.86. The van der Waals surface area contributed by atoms with E-state index in [1.54, 1.807) is 26.0 Å². The quantitative estimate of drug-likeness (QED) is 0.697. The van der Waals surface area contributed by atoms with Gasteiger partial charge in [0.25, 0.3) is 5.91 Å². The Labute approximate surface area is 153 Å². The molecule has 2 saturated heterocycles. The SMILES string of the molecule is Cc1ccc(OCC(=O)N[C@@H]2C(=O)N3[C@@H]2[S@@](=O)C(C)(C)[C@@H]3C(=O)O)cc1. The van der Waals surface area contributed by atoms with E-state index in [-0.39, 0.29) is 6.61 Å². The van der Waals surface area contributed by atoms with Crippen molar-refractivity contribution in [2.75, 3.05) is 6.61 Å². The van der Waals surface area contributed by atoms with E-state index in [1.807, 2.05) is 19.1 Å². The average molecular weight is 380 g/mol. The predicted octanol–water partition coefficient (Wildman–Crippen LogP) is 0.0210. The molecule has 0 aliphatic carbocycles. The zero-order valence-electron chi connectivity index (χ0n) is 14.6. The summed E-state index contributed by atoms with van der Waals surface area (Å²) in [5, 5.41) is 11.0. The van der Waals surface area contributed by atoms with Gasteiger partial charge in [0, 0.05) is 0 Å². The fourth-order valence-electron chi connectivity index (χ4n) is 3.29. The molecule has 1 aromatic rings. The number of nitrogens with one attached hydrogen (secondary N) is 1. The van der Waals surface area contributed by atoms with Gasteiger partial charge < -0.3 is 20.1 Å². The predicted molar refractivity (Wildman–Crippen MR) is 92.9 cm³/mol. The molecule has 2 aliphatic heterocycles. The Morgan fingerprint density at radius 3 is 2.50 bits per heavy atom. The van der Waals surface area contributed by atoms with Crippen molar-refractivity contribution in [2.45, 2.75) is 43.0 Å². The fourth-order valence-corrected chi connectivity index (χ4v) is 5.21. The molecule has 0 radical (unpaired) electrons. The van der Waals surface area contributed by atoms with Crippen molar-refractivity contribution in [3.8, 4) is 5.75 Å². The van der Waals surface area contributed by atoms with Crippen LogP contribution in [0.2, 0.25) is 0 Å². The number of aryl methyl sites for hydroxylation is 1. The molecule has 9 heteroatoms. The zero-order valence-corrected chi connectivity index (χ0v) is 15.4. The Hall–Kier alpha value is -2.42. The first-order chi connectivity index (χ1) is 12.1. The van der Waals surface area contributed by atoms with Crippen LogP contribution in [0.1, 0.15) is 19.4 Å². The zero-order chi connectivity index (χ0) is 19.2. The summed E-state index contributed by atoms with van der Waals surface area (Å²) in [6.07, 6.45) is 0. The number of carboxylic acid groups (broad SMARTS) is 1. The first kappa shape index (κ1) is 18.4. The van der Waals surface area contributed by atoms with Gasteiger partial charge in [-0.1, -0.05) is 17.7 Å². The second kappa shape index (κ2) is 6.39. The Balaban J connectivity index is 1.63. The van der Waals surface area contributed by atoms with Crippen LogP contribution in [0.25, 0.3) is 0 Å². The largest absolute Gasteiger partial charge is 0.484 e. The summed E-state index contributed by atoms with van der Waals surface area (Å²) in [4.78, 5) is 37.0. The highest BCUT2D eigenvalue weighted by Gasteiger charge is 2.68. The minimum absolute atomic E-state index is 0.294. The maximum absolute atomic E-state index is 12.6. The van der Waals surface area contributed by atoms with Crippen LogP contribution >= 0.6 is 0 Å². The minimum atomic E-state index is -1.61. The van der Waals surface area contributed by atoms with Gasteiger partial charge in [0.2, 0.25) is 5.91 Å². The Kier molecular flexibility index (Phi) is 4.51. The number of amides is 2. The fraction of sp³-hybridized carbons (Fsp3) is 0.471.